The van der Waals surface area contributed by atoms with Gasteiger partial charge in [0, 0.05) is 23.1 Å². The molecule has 184 valence electrons. The highest BCUT2D eigenvalue weighted by molar-refractivity contribution is 7.45. The van der Waals surface area contributed by atoms with Crippen molar-refractivity contribution in [3.05, 3.63) is 70.9 Å². The first-order valence-electron chi connectivity index (χ1n) is 12.2. The van der Waals surface area contributed by atoms with Crippen LogP contribution in [0.4, 0.5) is 5.82 Å². The van der Waals surface area contributed by atoms with Crippen molar-refractivity contribution in [2.24, 2.45) is 0 Å². The first kappa shape index (κ1) is 25.3. The van der Waals surface area contributed by atoms with E-state index < -0.39 is 8.38 Å². The third-order valence-corrected chi connectivity index (χ3v) is 7.11. The molecular weight excluding hydrogens is 457 g/mol. The smallest absolute Gasteiger partial charge is 0.164 e. The van der Waals surface area contributed by atoms with E-state index >= 15 is 0 Å². The predicted molar refractivity (Wildman–Crippen MR) is 145 cm³/mol. The average molecular weight is 492 g/mol. The number of hydrogen-bond donors (Lipinski definition) is 3. The molecule has 35 heavy (non-hydrogen) atoms. The van der Waals surface area contributed by atoms with Crippen molar-refractivity contribution in [2.75, 3.05) is 18.5 Å². The second-order valence-corrected chi connectivity index (χ2v) is 10.4. The van der Waals surface area contributed by atoms with Gasteiger partial charge in [0.2, 0.25) is 0 Å². The lowest BCUT2D eigenvalue weighted by Crippen LogP contribution is -2.00. The fourth-order valence-electron chi connectivity index (χ4n) is 4.42. The number of ether oxygens (including phenoxy) is 1. The normalized spacial score (nSPS) is 11.6. The molecule has 0 aliphatic carbocycles. The van der Waals surface area contributed by atoms with Gasteiger partial charge in [-0.2, -0.15) is 0 Å². The number of benzene rings is 2. The van der Waals surface area contributed by atoms with E-state index in [-0.39, 0.29) is 0 Å². The molecule has 2 aromatic carbocycles. The van der Waals surface area contributed by atoms with E-state index in [9.17, 15) is 0 Å². The van der Waals surface area contributed by atoms with E-state index in [4.69, 9.17) is 20.3 Å². The lowest BCUT2D eigenvalue weighted by atomic mass is 9.99. The molecule has 2 heterocycles. The number of aryl methyl sites for hydroxylation is 4. The van der Waals surface area contributed by atoms with Gasteiger partial charge in [-0.25, -0.2) is 4.98 Å². The number of unbranched alkanes of at least 4 members (excludes halogenated alkanes) is 3. The number of anilines is 1. The number of pyridine rings is 2. The van der Waals surface area contributed by atoms with Crippen molar-refractivity contribution >= 4 is 36.0 Å². The second kappa shape index (κ2) is 11.8. The maximum absolute atomic E-state index is 8.94. The van der Waals surface area contributed by atoms with Gasteiger partial charge in [0.25, 0.3) is 0 Å². The number of aromatic nitrogens is 2. The minimum absolute atomic E-state index is 0.473. The van der Waals surface area contributed by atoms with Crippen molar-refractivity contribution in [3.8, 4) is 5.75 Å². The molecule has 0 bridgehead atoms. The number of rotatable bonds is 11. The molecule has 0 atom stereocenters. The number of fused-ring (bicyclic) bond motifs is 3. The third-order valence-electron chi connectivity index (χ3n) is 6.39. The fourth-order valence-corrected chi connectivity index (χ4v) is 4.92. The molecule has 4 aromatic rings. The Bertz CT molecular complexity index is 1310. The molecule has 0 aliphatic heterocycles. The van der Waals surface area contributed by atoms with Gasteiger partial charge in [-0.05, 0) is 86.1 Å². The van der Waals surface area contributed by atoms with Crippen molar-refractivity contribution in [1.29, 1.82) is 0 Å². The van der Waals surface area contributed by atoms with Crippen LogP contribution in [-0.2, 0) is 12.8 Å². The Balaban J connectivity index is 1.36. The van der Waals surface area contributed by atoms with Gasteiger partial charge in [0.05, 0.1) is 12.1 Å². The van der Waals surface area contributed by atoms with Crippen molar-refractivity contribution in [1.82, 2.24) is 9.97 Å². The van der Waals surface area contributed by atoms with Gasteiger partial charge in [-0.3, -0.25) is 4.98 Å². The lowest BCUT2D eigenvalue weighted by Gasteiger charge is -2.11. The number of nitrogens with two attached hydrogens (primary N) is 1. The summed E-state index contributed by atoms with van der Waals surface area (Å²) in [6.45, 7) is 4.87. The van der Waals surface area contributed by atoms with Gasteiger partial charge in [0.15, 0.2) is 14.2 Å². The Morgan fingerprint density at radius 3 is 2.54 bits per heavy atom. The molecule has 0 saturated carbocycles. The Hall–Kier alpha value is -2.79. The monoisotopic (exact) mass is 491 g/mol. The summed E-state index contributed by atoms with van der Waals surface area (Å²) in [7, 11) is -1.75. The van der Waals surface area contributed by atoms with Crippen LogP contribution in [-0.4, -0.2) is 32.5 Å². The molecule has 0 radical (unpaired) electrons. The third kappa shape index (κ3) is 6.66. The molecule has 0 aliphatic rings. The molecule has 0 saturated heterocycles. The van der Waals surface area contributed by atoms with E-state index in [1.54, 1.807) is 0 Å². The van der Waals surface area contributed by atoms with E-state index in [0.717, 1.165) is 71.6 Å². The second-order valence-electron chi connectivity index (χ2n) is 9.20. The van der Waals surface area contributed by atoms with Gasteiger partial charge in [-0.1, -0.05) is 31.0 Å². The molecule has 0 unspecified atom stereocenters. The molecule has 4 rings (SSSR count). The zero-order chi connectivity index (χ0) is 24.8. The van der Waals surface area contributed by atoms with Crippen LogP contribution in [0, 0.1) is 13.8 Å². The Kier molecular flexibility index (Phi) is 8.50. The van der Waals surface area contributed by atoms with Crippen LogP contribution < -0.4 is 10.5 Å². The summed E-state index contributed by atoms with van der Waals surface area (Å²) in [6.07, 6.45) is 8.11. The summed E-state index contributed by atoms with van der Waals surface area (Å²) in [5, 5.41) is 2.14. The Morgan fingerprint density at radius 2 is 1.74 bits per heavy atom. The maximum atomic E-state index is 8.94. The van der Waals surface area contributed by atoms with Crippen molar-refractivity contribution in [3.63, 3.8) is 0 Å². The molecule has 0 fully saturated rings. The zero-order valence-corrected chi connectivity index (χ0v) is 21.4. The fraction of sp³-hybridized carbons (Fsp3) is 0.357. The minimum atomic E-state index is -1.75. The predicted octanol–water partition coefficient (Wildman–Crippen LogP) is 6.00. The lowest BCUT2D eigenvalue weighted by molar-refractivity contribution is 0.304. The van der Waals surface area contributed by atoms with Crippen LogP contribution in [0.5, 0.6) is 5.75 Å². The molecular formula is C28H34N3O3P. The van der Waals surface area contributed by atoms with Gasteiger partial charge in [0.1, 0.15) is 11.3 Å². The maximum Gasteiger partial charge on any atom is 0.164 e. The van der Waals surface area contributed by atoms with Gasteiger partial charge in [-0.15, -0.1) is 0 Å². The highest BCUT2D eigenvalue weighted by atomic mass is 31.2. The van der Waals surface area contributed by atoms with Crippen LogP contribution in [0.25, 0.3) is 21.8 Å². The van der Waals surface area contributed by atoms with Gasteiger partial charge >= 0.3 is 0 Å². The van der Waals surface area contributed by atoms with E-state index in [0.29, 0.717) is 18.6 Å². The van der Waals surface area contributed by atoms with Crippen LogP contribution in [0.15, 0.2) is 48.7 Å². The largest absolute Gasteiger partial charge is 0.494 e. The topological polar surface area (TPSA) is 101 Å². The van der Waals surface area contributed by atoms with E-state index in [1.807, 2.05) is 12.3 Å². The standard InChI is InChI=1S/C28H34N3O3P/c1-19-7-12-24-25-17-21(18-30-27(25)28(29)31-26(24)15-19)8-9-22-10-11-23(16-20(22)2)34-13-5-3-4-6-14-35(32)33/h7,10-12,15-18,32-33H,3-6,8-9,13-14H2,1-2H3,(H2,29,31). The van der Waals surface area contributed by atoms with Gasteiger partial charge < -0.3 is 20.3 Å². The molecule has 6 nitrogen and oxygen atoms in total. The summed E-state index contributed by atoms with van der Waals surface area (Å²) in [5.74, 6) is 1.37. The number of hydrogen-bond acceptors (Lipinski definition) is 6. The van der Waals surface area contributed by atoms with Crippen LogP contribution in [0.3, 0.4) is 0 Å². The SMILES string of the molecule is Cc1ccc2c(c1)nc(N)c1ncc(CCc3ccc(OCCCCCCP(O)O)cc3C)cc12. The zero-order valence-electron chi connectivity index (χ0n) is 20.5. The summed E-state index contributed by atoms with van der Waals surface area (Å²) < 4.78 is 5.92. The Labute approximate surface area is 208 Å². The van der Waals surface area contributed by atoms with E-state index in [1.165, 1.54) is 16.7 Å². The Morgan fingerprint density at radius 1 is 0.914 bits per heavy atom. The highest BCUT2D eigenvalue weighted by Crippen LogP contribution is 2.28. The van der Waals surface area contributed by atoms with Crippen LogP contribution in [0.2, 0.25) is 0 Å². The number of nitrogen functional groups attached to an aromatic ring is 1. The number of nitrogens with zero attached hydrogens (tertiary/aromatic N) is 2. The molecule has 7 heteroatoms. The summed E-state index contributed by atoms with van der Waals surface area (Å²) >= 11 is 0. The molecule has 0 spiro atoms. The average Bonchev–Trinajstić information content (AvgIpc) is 2.82. The van der Waals surface area contributed by atoms with Crippen LogP contribution >= 0.6 is 8.38 Å². The summed E-state index contributed by atoms with van der Waals surface area (Å²) in [4.78, 5) is 27.1. The summed E-state index contributed by atoms with van der Waals surface area (Å²) in [5.41, 5.74) is 12.7. The van der Waals surface area contributed by atoms with Crippen molar-refractivity contribution < 1.29 is 14.5 Å². The first-order valence-corrected chi connectivity index (χ1v) is 13.7. The van der Waals surface area contributed by atoms with Crippen molar-refractivity contribution in [2.45, 2.75) is 52.4 Å². The molecule has 0 amide bonds. The molecule has 2 aromatic heterocycles. The van der Waals surface area contributed by atoms with E-state index in [2.05, 4.69) is 60.2 Å². The quantitative estimate of drug-likeness (QED) is 0.135. The summed E-state index contributed by atoms with van der Waals surface area (Å²) in [6, 6.07) is 14.8. The molecule has 4 N–H and O–H groups in total. The van der Waals surface area contributed by atoms with Crippen LogP contribution in [0.1, 0.15) is 47.9 Å². The first-order chi connectivity index (χ1) is 16.9. The minimum Gasteiger partial charge on any atom is -0.494 e. The highest BCUT2D eigenvalue weighted by Gasteiger charge is 2.10.